The van der Waals surface area contributed by atoms with Crippen LogP contribution in [0, 0.1) is 0 Å². The van der Waals surface area contributed by atoms with Crippen LogP contribution in [0.5, 0.6) is 0 Å². The number of hydrogen-bond donors (Lipinski definition) is 0. The Morgan fingerprint density at radius 3 is 1.74 bits per heavy atom. The van der Waals surface area contributed by atoms with Crippen LogP contribution in [0.1, 0.15) is 0 Å². The van der Waals surface area contributed by atoms with Crippen LogP contribution in [0.25, 0.3) is 111 Å². The summed E-state index contributed by atoms with van der Waals surface area (Å²) in [7, 11) is 0. The molecule has 4 aromatic heterocycles. The van der Waals surface area contributed by atoms with Crippen molar-refractivity contribution in [3.63, 3.8) is 0 Å². The molecule has 11 rings (SSSR count). The van der Waals surface area contributed by atoms with E-state index < -0.39 is 0 Å². The van der Waals surface area contributed by atoms with Crippen LogP contribution in [0.3, 0.4) is 0 Å². The molecule has 0 aliphatic heterocycles. The van der Waals surface area contributed by atoms with Gasteiger partial charge in [-0.1, -0.05) is 140 Å². The zero-order valence-corrected chi connectivity index (χ0v) is 28.8. The molecule has 0 spiro atoms. The topological polar surface area (TPSA) is 77.8 Å². The summed E-state index contributed by atoms with van der Waals surface area (Å²) in [6, 6.07) is 57.4. The molecule has 252 valence electrons. The number of furan rings is 2. The number of fused-ring (bicyclic) bond motifs is 8. The van der Waals surface area contributed by atoms with Crippen LogP contribution in [0.15, 0.2) is 179 Å². The van der Waals surface area contributed by atoms with Crippen molar-refractivity contribution in [3.05, 3.63) is 170 Å². The van der Waals surface area contributed by atoms with Gasteiger partial charge in [0.25, 0.3) is 0 Å². The molecule has 4 heterocycles. The van der Waals surface area contributed by atoms with Crippen LogP contribution in [0.4, 0.5) is 0 Å². The molecule has 0 bridgehead atoms. The van der Waals surface area contributed by atoms with Crippen molar-refractivity contribution in [3.8, 4) is 56.5 Å². The average Bonchev–Trinajstić information content (AvgIpc) is 3.83. The molecule has 0 fully saturated rings. The lowest BCUT2D eigenvalue weighted by molar-refractivity contribution is 0.668. The third-order valence-electron chi connectivity index (χ3n) is 10.1. The third kappa shape index (κ3) is 4.81. The lowest BCUT2D eigenvalue weighted by Gasteiger charge is -2.13. The maximum Gasteiger partial charge on any atom is 0.167 e. The summed E-state index contributed by atoms with van der Waals surface area (Å²) in [5, 5.41) is 5.29. The summed E-state index contributed by atoms with van der Waals surface area (Å²) in [5.41, 5.74) is 10.4. The van der Waals surface area contributed by atoms with Gasteiger partial charge in [-0.3, -0.25) is 0 Å². The van der Waals surface area contributed by atoms with Crippen LogP contribution in [-0.4, -0.2) is 19.9 Å². The van der Waals surface area contributed by atoms with Crippen molar-refractivity contribution >= 4 is 54.8 Å². The largest absolute Gasteiger partial charge is 0.455 e. The predicted octanol–water partition coefficient (Wildman–Crippen LogP) is 12.6. The minimum atomic E-state index is 0.541. The SMILES string of the molecule is c1ccc(-c2nc(-c3ccccc3-c3cccc(-c4nc5ccccc5c5c4oc4ccccc45)c3)nc(-c3cccc4c3oc3ccccc34)n2)cc1. The lowest BCUT2D eigenvalue weighted by atomic mass is 9.96. The normalized spacial score (nSPS) is 11.7. The van der Waals surface area contributed by atoms with Crippen molar-refractivity contribution in [2.45, 2.75) is 0 Å². The summed E-state index contributed by atoms with van der Waals surface area (Å²) < 4.78 is 13.0. The van der Waals surface area contributed by atoms with Gasteiger partial charge in [0.05, 0.1) is 11.1 Å². The van der Waals surface area contributed by atoms with E-state index >= 15 is 0 Å². The third-order valence-corrected chi connectivity index (χ3v) is 10.1. The Labute approximate surface area is 309 Å². The van der Waals surface area contributed by atoms with Gasteiger partial charge in [0.2, 0.25) is 0 Å². The number of benzene rings is 7. The van der Waals surface area contributed by atoms with Crippen LogP contribution in [0.2, 0.25) is 0 Å². The Morgan fingerprint density at radius 1 is 0.333 bits per heavy atom. The number of para-hydroxylation sites is 4. The Kier molecular flexibility index (Phi) is 6.75. The van der Waals surface area contributed by atoms with Crippen molar-refractivity contribution in [2.24, 2.45) is 0 Å². The minimum absolute atomic E-state index is 0.541. The van der Waals surface area contributed by atoms with Gasteiger partial charge in [-0.25, -0.2) is 19.9 Å². The van der Waals surface area contributed by atoms with E-state index in [1.807, 2.05) is 91.0 Å². The first kappa shape index (κ1) is 30.2. The molecule has 0 amide bonds. The molecular weight excluding hydrogens is 665 g/mol. The number of nitrogens with zero attached hydrogens (tertiary/aromatic N) is 4. The van der Waals surface area contributed by atoms with Gasteiger partial charge in [0.15, 0.2) is 23.1 Å². The van der Waals surface area contributed by atoms with Crippen LogP contribution in [-0.2, 0) is 0 Å². The Hall–Kier alpha value is -7.44. The van der Waals surface area contributed by atoms with Crippen molar-refractivity contribution in [1.29, 1.82) is 0 Å². The van der Waals surface area contributed by atoms with Gasteiger partial charge in [0, 0.05) is 43.6 Å². The monoisotopic (exact) mass is 692 g/mol. The van der Waals surface area contributed by atoms with E-state index in [0.29, 0.717) is 17.5 Å². The van der Waals surface area contributed by atoms with E-state index in [4.69, 9.17) is 28.8 Å². The standard InChI is InChI=1S/C48H28N4O2/c1-2-14-29(15-3-1)46-50-47(52-48(51-46)38-24-13-23-34-33-19-7-10-26-40(33)53-44(34)38)35-20-5-4-18-32(35)30-16-12-17-31(28-30)43-45-42(36-21-6-9-25-39(36)49-43)37-22-8-11-27-41(37)54-45/h1-28H. The first-order chi connectivity index (χ1) is 26.8. The number of rotatable bonds is 5. The fourth-order valence-corrected chi connectivity index (χ4v) is 7.65. The Morgan fingerprint density at radius 2 is 0.889 bits per heavy atom. The predicted molar refractivity (Wildman–Crippen MR) is 217 cm³/mol. The van der Waals surface area contributed by atoms with Gasteiger partial charge in [0.1, 0.15) is 22.4 Å². The van der Waals surface area contributed by atoms with E-state index in [-0.39, 0.29) is 0 Å². The maximum absolute atomic E-state index is 6.55. The van der Waals surface area contributed by atoms with Gasteiger partial charge in [-0.2, -0.15) is 0 Å². The van der Waals surface area contributed by atoms with Crippen molar-refractivity contribution < 1.29 is 8.83 Å². The zero-order chi connectivity index (χ0) is 35.6. The van der Waals surface area contributed by atoms with Gasteiger partial charge >= 0.3 is 0 Å². The fraction of sp³-hybridized carbons (Fsp3) is 0. The highest BCUT2D eigenvalue weighted by atomic mass is 16.3. The second-order valence-corrected chi connectivity index (χ2v) is 13.4. The maximum atomic E-state index is 6.55. The molecule has 7 aromatic carbocycles. The van der Waals surface area contributed by atoms with E-state index in [1.165, 1.54) is 0 Å². The Balaban J connectivity index is 1.11. The molecule has 0 atom stereocenters. The summed E-state index contributed by atoms with van der Waals surface area (Å²) >= 11 is 0. The second-order valence-electron chi connectivity index (χ2n) is 13.4. The smallest absolute Gasteiger partial charge is 0.167 e. The summed E-state index contributed by atoms with van der Waals surface area (Å²) in [5.74, 6) is 1.69. The number of aromatic nitrogens is 4. The number of pyridine rings is 1. The molecule has 54 heavy (non-hydrogen) atoms. The molecule has 0 saturated carbocycles. The summed E-state index contributed by atoms with van der Waals surface area (Å²) in [4.78, 5) is 20.5. The second kappa shape index (κ2) is 12.1. The average molecular weight is 693 g/mol. The molecule has 0 radical (unpaired) electrons. The number of hydrogen-bond acceptors (Lipinski definition) is 6. The van der Waals surface area contributed by atoms with E-state index in [0.717, 1.165) is 93.9 Å². The van der Waals surface area contributed by atoms with E-state index in [1.54, 1.807) is 0 Å². The summed E-state index contributed by atoms with van der Waals surface area (Å²) in [6.45, 7) is 0. The fourth-order valence-electron chi connectivity index (χ4n) is 7.65. The zero-order valence-electron chi connectivity index (χ0n) is 28.8. The highest BCUT2D eigenvalue weighted by molar-refractivity contribution is 6.20. The Bertz CT molecular complexity index is 3240. The molecule has 6 nitrogen and oxygen atoms in total. The summed E-state index contributed by atoms with van der Waals surface area (Å²) in [6.07, 6.45) is 0. The molecule has 0 aliphatic rings. The van der Waals surface area contributed by atoms with Gasteiger partial charge in [-0.05, 0) is 41.5 Å². The van der Waals surface area contributed by atoms with E-state index in [2.05, 4.69) is 78.9 Å². The quantitative estimate of drug-likeness (QED) is 0.179. The van der Waals surface area contributed by atoms with Crippen molar-refractivity contribution in [2.75, 3.05) is 0 Å². The molecular formula is C48H28N4O2. The molecule has 0 aliphatic carbocycles. The minimum Gasteiger partial charge on any atom is -0.455 e. The first-order valence-corrected chi connectivity index (χ1v) is 17.9. The highest BCUT2D eigenvalue weighted by Crippen LogP contribution is 2.41. The highest BCUT2D eigenvalue weighted by Gasteiger charge is 2.21. The first-order valence-electron chi connectivity index (χ1n) is 17.9. The molecule has 0 unspecified atom stereocenters. The molecule has 11 aromatic rings. The lowest BCUT2D eigenvalue weighted by Crippen LogP contribution is -2.01. The van der Waals surface area contributed by atoms with Crippen LogP contribution >= 0.6 is 0 Å². The molecule has 6 heteroatoms. The molecule has 0 saturated heterocycles. The molecule has 0 N–H and O–H groups in total. The van der Waals surface area contributed by atoms with Gasteiger partial charge in [-0.15, -0.1) is 0 Å². The van der Waals surface area contributed by atoms with Gasteiger partial charge < -0.3 is 8.83 Å². The van der Waals surface area contributed by atoms with E-state index in [9.17, 15) is 0 Å². The van der Waals surface area contributed by atoms with Crippen LogP contribution < -0.4 is 0 Å². The van der Waals surface area contributed by atoms with Crippen molar-refractivity contribution in [1.82, 2.24) is 19.9 Å².